The molecule has 0 aromatic rings. The van der Waals surface area contributed by atoms with Crippen LogP contribution in [-0.4, -0.2) is 35.8 Å². The Kier molecular flexibility index (Phi) is 4.77. The predicted octanol–water partition coefficient (Wildman–Crippen LogP) is 1.80. The third kappa shape index (κ3) is 4.00. The highest BCUT2D eigenvalue weighted by molar-refractivity contribution is 5.81. The number of likely N-dealkylation sites (tertiary alicyclic amines) is 1. The smallest absolute Gasteiger partial charge is 0.228 e. The summed E-state index contributed by atoms with van der Waals surface area (Å²) in [7, 11) is 0. The van der Waals surface area contributed by atoms with E-state index in [-0.39, 0.29) is 23.3 Å². The van der Waals surface area contributed by atoms with E-state index in [0.717, 1.165) is 19.4 Å². The Hall–Kier alpha value is -1.06. The molecule has 104 valence electrons. The Labute approximate surface area is 110 Å². The average Bonchev–Trinajstić information content (AvgIpc) is 2.25. The number of nitrogens with zero attached hydrogens (tertiary/aromatic N) is 1. The van der Waals surface area contributed by atoms with Gasteiger partial charge < -0.3 is 10.2 Å². The number of carbonyl (C=O) groups excluding carboxylic acids is 2. The van der Waals surface area contributed by atoms with Crippen molar-refractivity contribution in [2.45, 2.75) is 53.5 Å². The van der Waals surface area contributed by atoms with Gasteiger partial charge in [0, 0.05) is 31.5 Å². The molecule has 0 aromatic carbocycles. The summed E-state index contributed by atoms with van der Waals surface area (Å²) in [5.74, 6) is 0.651. The molecule has 2 unspecified atom stereocenters. The minimum Gasteiger partial charge on any atom is -0.352 e. The number of amides is 2. The first kappa shape index (κ1) is 15.0. The number of rotatable bonds is 2. The molecule has 1 aliphatic heterocycles. The molecule has 1 N–H and O–H groups in total. The van der Waals surface area contributed by atoms with E-state index >= 15 is 0 Å². The Morgan fingerprint density at radius 2 is 1.89 bits per heavy atom. The fourth-order valence-corrected chi connectivity index (χ4v) is 2.53. The van der Waals surface area contributed by atoms with Gasteiger partial charge in [-0.1, -0.05) is 34.1 Å². The molecule has 1 rings (SSSR count). The molecule has 4 heteroatoms. The molecule has 1 aliphatic rings. The first-order valence-electron chi connectivity index (χ1n) is 6.80. The van der Waals surface area contributed by atoms with E-state index in [1.165, 1.54) is 6.92 Å². The van der Waals surface area contributed by atoms with Crippen molar-refractivity contribution in [3.8, 4) is 0 Å². The predicted molar refractivity (Wildman–Crippen MR) is 72.0 cm³/mol. The molecular formula is C14H26N2O2. The summed E-state index contributed by atoms with van der Waals surface area (Å²) in [5, 5.41) is 2.95. The van der Waals surface area contributed by atoms with Gasteiger partial charge >= 0.3 is 0 Å². The highest BCUT2D eigenvalue weighted by Crippen LogP contribution is 2.25. The van der Waals surface area contributed by atoms with Crippen LogP contribution >= 0.6 is 0 Å². The van der Waals surface area contributed by atoms with Crippen molar-refractivity contribution in [2.24, 2.45) is 11.3 Å². The largest absolute Gasteiger partial charge is 0.352 e. The maximum Gasteiger partial charge on any atom is 0.228 e. The monoisotopic (exact) mass is 254 g/mol. The van der Waals surface area contributed by atoms with Crippen molar-refractivity contribution in [1.82, 2.24) is 10.2 Å². The van der Waals surface area contributed by atoms with Crippen molar-refractivity contribution in [1.29, 1.82) is 0 Å². The van der Waals surface area contributed by atoms with E-state index < -0.39 is 0 Å². The summed E-state index contributed by atoms with van der Waals surface area (Å²) >= 11 is 0. The lowest BCUT2D eigenvalue weighted by Crippen LogP contribution is -2.54. The Balaban J connectivity index is 2.74. The van der Waals surface area contributed by atoms with Crippen molar-refractivity contribution >= 4 is 11.8 Å². The Morgan fingerprint density at radius 1 is 1.28 bits per heavy atom. The van der Waals surface area contributed by atoms with Crippen LogP contribution in [0, 0.1) is 11.3 Å². The van der Waals surface area contributed by atoms with Gasteiger partial charge in [-0.3, -0.25) is 9.59 Å². The Morgan fingerprint density at radius 3 is 2.33 bits per heavy atom. The standard InChI is InChI=1S/C14H26N2O2/c1-6-11-7-12(15-10(2)17)9-16(8-11)13(18)14(3,4)5/h11-12H,6-9H2,1-5H3,(H,15,17). The average molecular weight is 254 g/mol. The van der Waals surface area contributed by atoms with E-state index in [9.17, 15) is 9.59 Å². The maximum atomic E-state index is 12.3. The van der Waals surface area contributed by atoms with Crippen LogP contribution in [-0.2, 0) is 9.59 Å². The van der Waals surface area contributed by atoms with Crippen molar-refractivity contribution in [2.75, 3.05) is 13.1 Å². The lowest BCUT2D eigenvalue weighted by molar-refractivity contribution is -0.142. The molecule has 0 spiro atoms. The molecule has 1 saturated heterocycles. The van der Waals surface area contributed by atoms with Crippen molar-refractivity contribution < 1.29 is 9.59 Å². The first-order valence-corrected chi connectivity index (χ1v) is 6.80. The zero-order valence-electron chi connectivity index (χ0n) is 12.2. The number of carbonyl (C=O) groups is 2. The van der Waals surface area contributed by atoms with Gasteiger partial charge in [0.25, 0.3) is 0 Å². The molecule has 0 bridgehead atoms. The zero-order chi connectivity index (χ0) is 13.9. The summed E-state index contributed by atoms with van der Waals surface area (Å²) in [6.07, 6.45) is 2.02. The second kappa shape index (κ2) is 5.72. The molecule has 2 amide bonds. The number of hydrogen-bond donors (Lipinski definition) is 1. The number of piperidine rings is 1. The molecule has 18 heavy (non-hydrogen) atoms. The molecule has 0 saturated carbocycles. The van der Waals surface area contributed by atoms with Crippen molar-refractivity contribution in [3.05, 3.63) is 0 Å². The fraction of sp³-hybridized carbons (Fsp3) is 0.857. The first-order chi connectivity index (χ1) is 8.24. The summed E-state index contributed by atoms with van der Waals surface area (Å²) in [4.78, 5) is 25.4. The summed E-state index contributed by atoms with van der Waals surface area (Å²) < 4.78 is 0. The van der Waals surface area contributed by atoms with Gasteiger partial charge in [0.1, 0.15) is 0 Å². The minimum absolute atomic E-state index is 0.0140. The summed E-state index contributed by atoms with van der Waals surface area (Å²) in [6.45, 7) is 11.0. The zero-order valence-corrected chi connectivity index (χ0v) is 12.2. The number of hydrogen-bond acceptors (Lipinski definition) is 2. The van der Waals surface area contributed by atoms with Crippen molar-refractivity contribution in [3.63, 3.8) is 0 Å². The Bertz CT molecular complexity index is 320. The third-order valence-corrected chi connectivity index (χ3v) is 3.45. The molecule has 1 fully saturated rings. The molecule has 0 radical (unpaired) electrons. The van der Waals surface area contributed by atoms with Crippen LogP contribution in [0.5, 0.6) is 0 Å². The highest BCUT2D eigenvalue weighted by Gasteiger charge is 2.34. The molecule has 0 aliphatic carbocycles. The van der Waals surface area contributed by atoms with Crippen LogP contribution in [0.15, 0.2) is 0 Å². The quantitative estimate of drug-likeness (QED) is 0.817. The van der Waals surface area contributed by atoms with Crippen LogP contribution < -0.4 is 5.32 Å². The maximum absolute atomic E-state index is 12.3. The summed E-state index contributed by atoms with van der Waals surface area (Å²) in [6, 6.07) is 0.104. The topological polar surface area (TPSA) is 49.4 Å². The van der Waals surface area contributed by atoms with Crippen LogP contribution in [0.25, 0.3) is 0 Å². The van der Waals surface area contributed by atoms with E-state index in [1.54, 1.807) is 0 Å². The van der Waals surface area contributed by atoms with Gasteiger partial charge in [-0.2, -0.15) is 0 Å². The second-order valence-electron chi connectivity index (χ2n) is 6.37. The normalized spacial score (nSPS) is 24.8. The van der Waals surface area contributed by atoms with E-state index in [4.69, 9.17) is 0 Å². The minimum atomic E-state index is -0.351. The van der Waals surface area contributed by atoms with Crippen LogP contribution in [0.2, 0.25) is 0 Å². The number of nitrogens with one attached hydrogen (secondary N) is 1. The van der Waals surface area contributed by atoms with Crippen LogP contribution in [0.3, 0.4) is 0 Å². The van der Waals surface area contributed by atoms with Gasteiger partial charge in [-0.05, 0) is 12.3 Å². The van der Waals surface area contributed by atoms with Gasteiger partial charge in [0.2, 0.25) is 11.8 Å². The molecule has 2 atom stereocenters. The van der Waals surface area contributed by atoms with Gasteiger partial charge in [0.15, 0.2) is 0 Å². The van der Waals surface area contributed by atoms with E-state index in [0.29, 0.717) is 12.5 Å². The fourth-order valence-electron chi connectivity index (χ4n) is 2.53. The third-order valence-electron chi connectivity index (χ3n) is 3.45. The van der Waals surface area contributed by atoms with E-state index in [2.05, 4.69) is 12.2 Å². The van der Waals surface area contributed by atoms with Gasteiger partial charge in [-0.15, -0.1) is 0 Å². The van der Waals surface area contributed by atoms with Gasteiger partial charge in [-0.25, -0.2) is 0 Å². The SMILES string of the molecule is CCC1CC(NC(C)=O)CN(C(=O)C(C)(C)C)C1. The molecule has 1 heterocycles. The second-order valence-corrected chi connectivity index (χ2v) is 6.37. The molecule has 0 aromatic heterocycles. The highest BCUT2D eigenvalue weighted by atomic mass is 16.2. The van der Waals surface area contributed by atoms with Crippen LogP contribution in [0.1, 0.15) is 47.5 Å². The lowest BCUT2D eigenvalue weighted by atomic mass is 9.88. The van der Waals surface area contributed by atoms with Crippen LogP contribution in [0.4, 0.5) is 0 Å². The molecule has 4 nitrogen and oxygen atoms in total. The van der Waals surface area contributed by atoms with E-state index in [1.807, 2.05) is 25.7 Å². The molecular weight excluding hydrogens is 228 g/mol. The van der Waals surface area contributed by atoms with Gasteiger partial charge in [0.05, 0.1) is 0 Å². The lowest BCUT2D eigenvalue weighted by Gasteiger charge is -2.40. The summed E-state index contributed by atoms with van der Waals surface area (Å²) in [5.41, 5.74) is -0.351.